The summed E-state index contributed by atoms with van der Waals surface area (Å²) in [4.78, 5) is 0. The Morgan fingerprint density at radius 2 is 1.21 bits per heavy atom. The molecule has 3 heteroatoms. The first-order valence-corrected chi connectivity index (χ1v) is 10.1. The first kappa shape index (κ1) is 18.9. The molecule has 0 unspecified atom stereocenters. The van der Waals surface area contributed by atoms with Crippen LogP contribution in [-0.2, 0) is 8.85 Å². The molecule has 19 heavy (non-hydrogen) atoms. The van der Waals surface area contributed by atoms with Crippen LogP contribution in [0.3, 0.4) is 0 Å². The van der Waals surface area contributed by atoms with Crippen molar-refractivity contribution >= 4 is 8.56 Å². The Kier molecular flexibility index (Phi) is 12.8. The summed E-state index contributed by atoms with van der Waals surface area (Å²) in [6.45, 7) is 6.12. The maximum Gasteiger partial charge on any atom is 0.363 e. The van der Waals surface area contributed by atoms with Gasteiger partial charge in [0.25, 0.3) is 0 Å². The van der Waals surface area contributed by atoms with Crippen LogP contribution in [0.15, 0.2) is 12.3 Å². The average molecular weight is 287 g/mol. The van der Waals surface area contributed by atoms with Crippen molar-refractivity contribution in [1.82, 2.24) is 0 Å². The van der Waals surface area contributed by atoms with Crippen molar-refractivity contribution in [2.45, 2.75) is 77.2 Å². The Morgan fingerprint density at radius 1 is 0.789 bits per heavy atom. The average Bonchev–Trinajstić information content (AvgIpc) is 2.46. The molecule has 0 atom stereocenters. The van der Waals surface area contributed by atoms with Gasteiger partial charge < -0.3 is 8.85 Å². The van der Waals surface area contributed by atoms with E-state index in [-0.39, 0.29) is 0 Å². The molecule has 0 aromatic rings. The molecule has 0 aliphatic rings. The van der Waals surface area contributed by atoms with Gasteiger partial charge in [0.1, 0.15) is 0 Å². The second-order valence-electron chi connectivity index (χ2n) is 5.36. The number of unbranched alkanes of at least 4 members (excludes halogenated alkanes) is 9. The molecule has 0 saturated carbocycles. The molecule has 0 aromatic heterocycles. The summed E-state index contributed by atoms with van der Waals surface area (Å²) in [5.74, 6) is 0. The van der Waals surface area contributed by atoms with E-state index in [4.69, 9.17) is 8.85 Å². The highest BCUT2D eigenvalue weighted by atomic mass is 28.4. The summed E-state index contributed by atoms with van der Waals surface area (Å²) < 4.78 is 11.0. The fourth-order valence-electron chi connectivity index (χ4n) is 2.42. The fraction of sp³-hybridized carbons (Fsp3) is 0.875. The van der Waals surface area contributed by atoms with Crippen molar-refractivity contribution in [2.24, 2.45) is 0 Å². The summed E-state index contributed by atoms with van der Waals surface area (Å²) in [5, 5.41) is 0. The summed E-state index contributed by atoms with van der Waals surface area (Å²) in [6, 6.07) is 1.04. The highest BCUT2D eigenvalue weighted by molar-refractivity contribution is 6.72. The first-order chi connectivity index (χ1) is 9.24. The van der Waals surface area contributed by atoms with Gasteiger partial charge in [0, 0.05) is 14.2 Å². The van der Waals surface area contributed by atoms with Gasteiger partial charge in [0.05, 0.1) is 0 Å². The minimum Gasteiger partial charge on any atom is -0.395 e. The van der Waals surface area contributed by atoms with Crippen LogP contribution in [0, 0.1) is 0 Å². The van der Waals surface area contributed by atoms with E-state index in [0.29, 0.717) is 0 Å². The van der Waals surface area contributed by atoms with Gasteiger partial charge in [-0.3, -0.25) is 0 Å². The lowest BCUT2D eigenvalue weighted by Gasteiger charge is -2.23. The summed E-state index contributed by atoms with van der Waals surface area (Å²) >= 11 is 0. The maximum atomic E-state index is 5.52. The molecule has 0 N–H and O–H groups in total. The molecule has 0 aliphatic carbocycles. The molecule has 0 heterocycles. The van der Waals surface area contributed by atoms with Gasteiger partial charge in [-0.1, -0.05) is 71.1 Å². The quantitative estimate of drug-likeness (QED) is 0.316. The highest BCUT2D eigenvalue weighted by Crippen LogP contribution is 2.18. The van der Waals surface area contributed by atoms with Crippen molar-refractivity contribution in [3.63, 3.8) is 0 Å². The molecule has 0 spiro atoms. The van der Waals surface area contributed by atoms with E-state index in [0.717, 1.165) is 6.04 Å². The number of hydrogen-bond donors (Lipinski definition) is 0. The minimum atomic E-state index is -2.04. The van der Waals surface area contributed by atoms with Crippen LogP contribution in [0.5, 0.6) is 0 Å². The Labute approximate surface area is 121 Å². The van der Waals surface area contributed by atoms with E-state index in [2.05, 4.69) is 13.5 Å². The van der Waals surface area contributed by atoms with Crippen LogP contribution < -0.4 is 0 Å². The van der Waals surface area contributed by atoms with Crippen LogP contribution in [-0.4, -0.2) is 22.8 Å². The molecule has 0 bridgehead atoms. The lowest BCUT2D eigenvalue weighted by atomic mass is 10.1. The third kappa shape index (κ3) is 9.42. The van der Waals surface area contributed by atoms with Gasteiger partial charge >= 0.3 is 8.56 Å². The largest absolute Gasteiger partial charge is 0.395 e. The van der Waals surface area contributed by atoms with E-state index >= 15 is 0 Å². The third-order valence-corrected chi connectivity index (χ3v) is 6.94. The van der Waals surface area contributed by atoms with Crippen LogP contribution in [0.2, 0.25) is 6.04 Å². The molecule has 0 rings (SSSR count). The molecule has 0 amide bonds. The molecule has 0 aromatic carbocycles. The lowest BCUT2D eigenvalue weighted by Crippen LogP contribution is -2.37. The van der Waals surface area contributed by atoms with Crippen molar-refractivity contribution < 1.29 is 8.85 Å². The van der Waals surface area contributed by atoms with Gasteiger partial charge in [-0.2, -0.15) is 0 Å². The van der Waals surface area contributed by atoms with Crippen molar-refractivity contribution in [2.75, 3.05) is 14.2 Å². The fourth-order valence-corrected chi connectivity index (χ4v) is 4.27. The Balaban J connectivity index is 3.37. The third-order valence-electron chi connectivity index (χ3n) is 3.88. The van der Waals surface area contributed by atoms with E-state index in [1.807, 2.05) is 5.70 Å². The molecule has 114 valence electrons. The smallest absolute Gasteiger partial charge is 0.363 e. The maximum absolute atomic E-state index is 5.52. The normalized spacial score (nSPS) is 11.7. The van der Waals surface area contributed by atoms with Gasteiger partial charge in [-0.25, -0.2) is 0 Å². The molecule has 0 fully saturated rings. The van der Waals surface area contributed by atoms with Crippen LogP contribution in [0.25, 0.3) is 0 Å². The van der Waals surface area contributed by atoms with E-state index in [1.165, 1.54) is 64.2 Å². The van der Waals surface area contributed by atoms with E-state index < -0.39 is 8.56 Å². The molecular formula is C16H34O2Si. The zero-order valence-electron chi connectivity index (χ0n) is 13.4. The van der Waals surface area contributed by atoms with Gasteiger partial charge in [0.15, 0.2) is 0 Å². The lowest BCUT2D eigenvalue weighted by molar-refractivity contribution is 0.254. The zero-order valence-corrected chi connectivity index (χ0v) is 14.4. The predicted molar refractivity (Wildman–Crippen MR) is 86.6 cm³/mol. The SMILES string of the molecule is C=C[Si](CCCCCCCCCCCC)(OC)OC. The minimum absolute atomic E-state index is 1.04. The second kappa shape index (κ2) is 12.9. The first-order valence-electron chi connectivity index (χ1n) is 7.98. The molecule has 0 radical (unpaired) electrons. The summed E-state index contributed by atoms with van der Waals surface area (Å²) in [6.07, 6.45) is 13.6. The Morgan fingerprint density at radius 3 is 1.58 bits per heavy atom. The van der Waals surface area contributed by atoms with Crippen molar-refractivity contribution in [3.05, 3.63) is 12.3 Å². The zero-order chi connectivity index (χ0) is 14.4. The predicted octanol–water partition coefficient (Wildman–Crippen LogP) is 5.37. The van der Waals surface area contributed by atoms with Gasteiger partial charge in [-0.15, -0.1) is 6.58 Å². The molecular weight excluding hydrogens is 252 g/mol. The molecule has 0 aliphatic heterocycles. The van der Waals surface area contributed by atoms with E-state index in [9.17, 15) is 0 Å². The molecule has 2 nitrogen and oxygen atoms in total. The van der Waals surface area contributed by atoms with Gasteiger partial charge in [0.2, 0.25) is 0 Å². The van der Waals surface area contributed by atoms with E-state index in [1.54, 1.807) is 14.2 Å². The van der Waals surface area contributed by atoms with Crippen molar-refractivity contribution in [1.29, 1.82) is 0 Å². The van der Waals surface area contributed by atoms with Crippen LogP contribution >= 0.6 is 0 Å². The Hall–Kier alpha value is -0.123. The van der Waals surface area contributed by atoms with Gasteiger partial charge in [-0.05, 0) is 11.7 Å². The highest BCUT2D eigenvalue weighted by Gasteiger charge is 2.30. The number of hydrogen-bond acceptors (Lipinski definition) is 2. The number of rotatable bonds is 14. The monoisotopic (exact) mass is 286 g/mol. The second-order valence-corrected chi connectivity index (χ2v) is 8.70. The standard InChI is InChI=1S/C16H34O2Si/c1-5-7-8-9-10-11-12-13-14-15-16-19(6-2,17-3)18-4/h6H,2,5,7-16H2,1,3-4H3. The van der Waals surface area contributed by atoms with Crippen LogP contribution in [0.4, 0.5) is 0 Å². The summed E-state index contributed by atoms with van der Waals surface area (Å²) in [5.41, 5.74) is 1.90. The van der Waals surface area contributed by atoms with Crippen LogP contribution in [0.1, 0.15) is 71.1 Å². The Bertz CT molecular complexity index is 203. The topological polar surface area (TPSA) is 18.5 Å². The van der Waals surface area contributed by atoms with Crippen molar-refractivity contribution in [3.8, 4) is 0 Å². The summed E-state index contributed by atoms with van der Waals surface area (Å²) in [7, 11) is 1.44. The molecule has 0 saturated heterocycles.